The highest BCUT2D eigenvalue weighted by molar-refractivity contribution is 7.07. The van der Waals surface area contributed by atoms with Gasteiger partial charge in [-0.25, -0.2) is 4.98 Å². The van der Waals surface area contributed by atoms with Crippen molar-refractivity contribution in [3.05, 3.63) is 16.6 Å². The van der Waals surface area contributed by atoms with Gasteiger partial charge in [0.1, 0.15) is 0 Å². The third kappa shape index (κ3) is 3.26. The molecule has 0 radical (unpaired) electrons. The average Bonchev–Trinajstić information content (AvgIpc) is 2.97. The molecule has 4 nitrogen and oxygen atoms in total. The Bertz CT molecular complexity index is 353. The second kappa shape index (κ2) is 6.12. The third-order valence-corrected chi connectivity index (χ3v) is 3.85. The van der Waals surface area contributed by atoms with Crippen LogP contribution in [0.4, 0.5) is 0 Å². The normalized spacial score (nSPS) is 19.8. The van der Waals surface area contributed by atoms with Crippen molar-refractivity contribution in [2.24, 2.45) is 0 Å². The Hall–Kier alpha value is -0.940. The lowest BCUT2D eigenvalue weighted by atomic mass is 10.2. The van der Waals surface area contributed by atoms with Crippen LogP contribution in [-0.4, -0.2) is 42.0 Å². The van der Waals surface area contributed by atoms with Gasteiger partial charge in [0.05, 0.1) is 11.2 Å². The summed E-state index contributed by atoms with van der Waals surface area (Å²) in [5.74, 6) is 0.274. The zero-order chi connectivity index (χ0) is 12.1. The monoisotopic (exact) mass is 253 g/mol. The molecule has 17 heavy (non-hydrogen) atoms. The van der Waals surface area contributed by atoms with Gasteiger partial charge in [0.2, 0.25) is 5.91 Å². The van der Waals surface area contributed by atoms with Gasteiger partial charge in [0.15, 0.2) is 0 Å². The first-order valence-corrected chi connectivity index (χ1v) is 7.06. The van der Waals surface area contributed by atoms with Crippen LogP contribution in [0.1, 0.15) is 25.0 Å². The summed E-state index contributed by atoms with van der Waals surface area (Å²) in [5, 5.41) is 5.18. The number of aryl methyl sites for hydroxylation is 1. The molecule has 0 saturated carbocycles. The van der Waals surface area contributed by atoms with Gasteiger partial charge in [-0.05, 0) is 26.3 Å². The molecule has 1 aromatic heterocycles. The maximum atomic E-state index is 12.1. The van der Waals surface area contributed by atoms with E-state index in [9.17, 15) is 4.79 Å². The van der Waals surface area contributed by atoms with E-state index in [4.69, 9.17) is 0 Å². The number of thiazole rings is 1. The quantitative estimate of drug-likeness (QED) is 0.860. The number of aromatic nitrogens is 1. The summed E-state index contributed by atoms with van der Waals surface area (Å²) in [5.41, 5.74) is 2.85. The predicted octanol–water partition coefficient (Wildman–Crippen LogP) is 1.29. The molecular formula is C12H19N3OS. The molecule has 1 unspecified atom stereocenters. The van der Waals surface area contributed by atoms with Crippen molar-refractivity contribution in [2.45, 2.75) is 31.7 Å². The molecule has 1 N–H and O–H groups in total. The fourth-order valence-electron chi connectivity index (χ4n) is 2.35. The maximum absolute atomic E-state index is 12.1. The van der Waals surface area contributed by atoms with E-state index in [0.717, 1.165) is 38.0 Å². The number of amides is 1. The first kappa shape index (κ1) is 12.5. The van der Waals surface area contributed by atoms with Crippen LogP contribution < -0.4 is 5.32 Å². The molecule has 1 fully saturated rings. The lowest BCUT2D eigenvalue weighted by Gasteiger charge is -2.24. The second-order valence-corrected chi connectivity index (χ2v) is 5.14. The Morgan fingerprint density at radius 3 is 3.29 bits per heavy atom. The molecule has 0 aromatic carbocycles. The second-order valence-electron chi connectivity index (χ2n) is 4.42. The van der Waals surface area contributed by atoms with Crippen molar-refractivity contribution in [3.63, 3.8) is 0 Å². The summed E-state index contributed by atoms with van der Waals surface area (Å²) < 4.78 is 0. The maximum Gasteiger partial charge on any atom is 0.223 e. The van der Waals surface area contributed by atoms with Crippen molar-refractivity contribution in [1.29, 1.82) is 0 Å². The molecule has 1 aromatic rings. The van der Waals surface area contributed by atoms with Gasteiger partial charge in [-0.1, -0.05) is 0 Å². The Kier molecular flexibility index (Phi) is 4.50. The molecule has 0 aliphatic carbocycles. The minimum Gasteiger partial charge on any atom is -0.338 e. The van der Waals surface area contributed by atoms with Gasteiger partial charge >= 0.3 is 0 Å². The molecule has 0 spiro atoms. The SMILES string of the molecule is CNCC1CCCN1C(=O)CCc1cscn1. The number of rotatable bonds is 5. The highest BCUT2D eigenvalue weighted by atomic mass is 32.1. The first-order valence-electron chi connectivity index (χ1n) is 6.12. The van der Waals surface area contributed by atoms with Crippen LogP contribution in [0.5, 0.6) is 0 Å². The van der Waals surface area contributed by atoms with Gasteiger partial charge < -0.3 is 10.2 Å². The largest absolute Gasteiger partial charge is 0.338 e. The van der Waals surface area contributed by atoms with Crippen molar-refractivity contribution < 1.29 is 4.79 Å². The van der Waals surface area contributed by atoms with E-state index in [2.05, 4.69) is 10.3 Å². The molecule has 1 amide bonds. The Morgan fingerprint density at radius 2 is 2.59 bits per heavy atom. The smallest absolute Gasteiger partial charge is 0.223 e. The zero-order valence-electron chi connectivity index (χ0n) is 10.2. The molecule has 1 saturated heterocycles. The summed E-state index contributed by atoms with van der Waals surface area (Å²) in [7, 11) is 1.94. The van der Waals surface area contributed by atoms with E-state index < -0.39 is 0 Å². The number of nitrogens with one attached hydrogen (secondary N) is 1. The summed E-state index contributed by atoms with van der Waals surface area (Å²) in [6.07, 6.45) is 3.62. The highest BCUT2D eigenvalue weighted by Gasteiger charge is 2.27. The van der Waals surface area contributed by atoms with Crippen LogP contribution in [0.15, 0.2) is 10.9 Å². The molecule has 1 atom stereocenters. The van der Waals surface area contributed by atoms with Gasteiger partial charge in [0, 0.05) is 30.9 Å². The highest BCUT2D eigenvalue weighted by Crippen LogP contribution is 2.18. The number of likely N-dealkylation sites (tertiary alicyclic amines) is 1. The summed E-state index contributed by atoms with van der Waals surface area (Å²) in [4.78, 5) is 18.3. The Balaban J connectivity index is 1.82. The fourth-order valence-corrected chi connectivity index (χ4v) is 2.94. The minimum atomic E-state index is 0.274. The van der Waals surface area contributed by atoms with Crippen LogP contribution in [0, 0.1) is 0 Å². The van der Waals surface area contributed by atoms with E-state index in [1.54, 1.807) is 11.3 Å². The van der Waals surface area contributed by atoms with Gasteiger partial charge in [-0.3, -0.25) is 4.79 Å². The first-order chi connectivity index (χ1) is 8.31. The molecule has 2 rings (SSSR count). The summed E-state index contributed by atoms with van der Waals surface area (Å²) >= 11 is 1.59. The van der Waals surface area contributed by atoms with E-state index in [-0.39, 0.29) is 5.91 Å². The average molecular weight is 253 g/mol. The Morgan fingerprint density at radius 1 is 1.71 bits per heavy atom. The third-order valence-electron chi connectivity index (χ3n) is 3.22. The number of hydrogen-bond acceptors (Lipinski definition) is 4. The molecule has 2 heterocycles. The van der Waals surface area contributed by atoms with E-state index in [1.807, 2.05) is 22.8 Å². The van der Waals surface area contributed by atoms with Crippen molar-refractivity contribution in [1.82, 2.24) is 15.2 Å². The van der Waals surface area contributed by atoms with Crippen LogP contribution in [-0.2, 0) is 11.2 Å². The topological polar surface area (TPSA) is 45.2 Å². The van der Waals surface area contributed by atoms with Crippen LogP contribution in [0.3, 0.4) is 0 Å². The minimum absolute atomic E-state index is 0.274. The van der Waals surface area contributed by atoms with Crippen LogP contribution >= 0.6 is 11.3 Å². The van der Waals surface area contributed by atoms with Gasteiger partial charge in [-0.2, -0.15) is 0 Å². The number of carbonyl (C=O) groups excluding carboxylic acids is 1. The molecule has 5 heteroatoms. The van der Waals surface area contributed by atoms with Gasteiger partial charge in [-0.15, -0.1) is 11.3 Å². The van der Waals surface area contributed by atoms with Crippen molar-refractivity contribution in [2.75, 3.05) is 20.1 Å². The molecular weight excluding hydrogens is 234 g/mol. The van der Waals surface area contributed by atoms with E-state index in [1.165, 1.54) is 0 Å². The lowest BCUT2D eigenvalue weighted by molar-refractivity contribution is -0.131. The molecule has 1 aliphatic heterocycles. The fraction of sp³-hybridized carbons (Fsp3) is 0.667. The molecule has 1 aliphatic rings. The predicted molar refractivity (Wildman–Crippen MR) is 69.1 cm³/mol. The molecule has 94 valence electrons. The standard InChI is InChI=1S/C12H19N3OS/c1-13-7-11-3-2-6-15(11)12(16)5-4-10-8-17-9-14-10/h8-9,11,13H,2-7H2,1H3. The van der Waals surface area contributed by atoms with Gasteiger partial charge in [0.25, 0.3) is 0 Å². The van der Waals surface area contributed by atoms with Crippen molar-refractivity contribution in [3.8, 4) is 0 Å². The van der Waals surface area contributed by atoms with E-state index >= 15 is 0 Å². The summed E-state index contributed by atoms with van der Waals surface area (Å²) in [6.45, 7) is 1.82. The number of likely N-dealkylation sites (N-methyl/N-ethyl adjacent to an activating group) is 1. The number of carbonyl (C=O) groups is 1. The number of hydrogen-bond donors (Lipinski definition) is 1. The van der Waals surface area contributed by atoms with E-state index in [0.29, 0.717) is 12.5 Å². The van der Waals surface area contributed by atoms with Crippen LogP contribution in [0.2, 0.25) is 0 Å². The molecule has 0 bridgehead atoms. The number of nitrogens with zero attached hydrogens (tertiary/aromatic N) is 2. The van der Waals surface area contributed by atoms with Crippen LogP contribution in [0.25, 0.3) is 0 Å². The van der Waals surface area contributed by atoms with Crippen molar-refractivity contribution >= 4 is 17.2 Å². The lowest BCUT2D eigenvalue weighted by Crippen LogP contribution is -2.40. The Labute approximate surface area is 106 Å². The zero-order valence-corrected chi connectivity index (χ0v) is 11.0. The summed E-state index contributed by atoms with van der Waals surface area (Å²) in [6, 6.07) is 0.392.